The molecule has 1 fully saturated rings. The molecule has 1 aliphatic heterocycles. The van der Waals surface area contributed by atoms with E-state index in [9.17, 15) is 14.9 Å². The summed E-state index contributed by atoms with van der Waals surface area (Å²) in [4.78, 5) is 36.7. The van der Waals surface area contributed by atoms with E-state index in [1.54, 1.807) is 25.5 Å². The molecule has 0 aromatic carbocycles. The predicted octanol–water partition coefficient (Wildman–Crippen LogP) is -0.928. The van der Waals surface area contributed by atoms with Crippen molar-refractivity contribution in [2.75, 3.05) is 36.0 Å². The van der Waals surface area contributed by atoms with Gasteiger partial charge in [0.1, 0.15) is 11.9 Å². The van der Waals surface area contributed by atoms with E-state index in [1.807, 2.05) is 15.9 Å². The van der Waals surface area contributed by atoms with Crippen LogP contribution in [0.3, 0.4) is 0 Å². The van der Waals surface area contributed by atoms with Gasteiger partial charge in [0.25, 0.3) is 5.56 Å². The van der Waals surface area contributed by atoms with Crippen LogP contribution in [0.4, 0.5) is 11.8 Å². The van der Waals surface area contributed by atoms with Gasteiger partial charge in [0.15, 0.2) is 5.56 Å². The Morgan fingerprint density at radius 3 is 2.17 bits per heavy atom. The molecular formula is C15H17N7O2. The Morgan fingerprint density at radius 2 is 1.58 bits per heavy atom. The third-order valence-corrected chi connectivity index (χ3v) is 4.16. The summed E-state index contributed by atoms with van der Waals surface area (Å²) in [5.74, 6) is 1.02. The van der Waals surface area contributed by atoms with Crippen molar-refractivity contribution >= 4 is 11.8 Å². The van der Waals surface area contributed by atoms with E-state index in [4.69, 9.17) is 0 Å². The predicted molar refractivity (Wildman–Crippen MR) is 88.1 cm³/mol. The summed E-state index contributed by atoms with van der Waals surface area (Å²) in [5, 5.41) is 9.36. The van der Waals surface area contributed by atoms with Gasteiger partial charge in [-0.05, 0) is 6.07 Å². The summed E-state index contributed by atoms with van der Waals surface area (Å²) in [5.41, 5.74) is -1.02. The average molecular weight is 327 g/mol. The summed E-state index contributed by atoms with van der Waals surface area (Å²) in [6.07, 6.45) is 3.38. The van der Waals surface area contributed by atoms with Crippen LogP contribution in [-0.2, 0) is 14.1 Å². The smallest absolute Gasteiger partial charge is 0.332 e. The fourth-order valence-corrected chi connectivity index (χ4v) is 2.87. The molecule has 0 spiro atoms. The maximum absolute atomic E-state index is 12.2. The molecule has 124 valence electrons. The van der Waals surface area contributed by atoms with Crippen LogP contribution in [0.25, 0.3) is 0 Å². The van der Waals surface area contributed by atoms with Crippen LogP contribution in [-0.4, -0.2) is 45.3 Å². The molecule has 3 rings (SSSR count). The zero-order valence-corrected chi connectivity index (χ0v) is 13.5. The zero-order valence-electron chi connectivity index (χ0n) is 13.5. The fraction of sp³-hybridized carbons (Fsp3) is 0.400. The van der Waals surface area contributed by atoms with Crippen molar-refractivity contribution < 1.29 is 0 Å². The van der Waals surface area contributed by atoms with Crippen LogP contribution < -0.4 is 21.0 Å². The van der Waals surface area contributed by atoms with E-state index in [-0.39, 0.29) is 5.56 Å². The largest absolute Gasteiger partial charge is 0.353 e. The first-order valence-corrected chi connectivity index (χ1v) is 7.51. The number of piperazine rings is 1. The highest BCUT2D eigenvalue weighted by molar-refractivity contribution is 5.54. The van der Waals surface area contributed by atoms with Crippen molar-refractivity contribution in [3.05, 3.63) is 44.9 Å². The summed E-state index contributed by atoms with van der Waals surface area (Å²) in [6, 6.07) is 3.70. The number of hydrogen-bond donors (Lipinski definition) is 0. The van der Waals surface area contributed by atoms with E-state index in [2.05, 4.69) is 9.97 Å². The number of nitriles is 1. The Morgan fingerprint density at radius 1 is 1.00 bits per heavy atom. The summed E-state index contributed by atoms with van der Waals surface area (Å²) >= 11 is 0. The molecule has 0 amide bonds. The topological polar surface area (TPSA) is 100 Å². The molecule has 24 heavy (non-hydrogen) atoms. The highest BCUT2D eigenvalue weighted by atomic mass is 16.2. The Kier molecular flexibility index (Phi) is 4.04. The van der Waals surface area contributed by atoms with Crippen molar-refractivity contribution in [2.24, 2.45) is 14.1 Å². The number of rotatable bonds is 2. The number of aromatic nitrogens is 4. The van der Waals surface area contributed by atoms with Gasteiger partial charge in [-0.1, -0.05) is 0 Å². The lowest BCUT2D eigenvalue weighted by Gasteiger charge is -2.36. The van der Waals surface area contributed by atoms with Crippen LogP contribution >= 0.6 is 0 Å². The van der Waals surface area contributed by atoms with E-state index < -0.39 is 11.2 Å². The molecule has 2 aromatic rings. The molecule has 9 heteroatoms. The molecule has 0 unspecified atom stereocenters. The SMILES string of the molecule is Cn1c(N2CCN(c3ncccn3)CC2)c(C#N)c(=O)n(C)c1=O. The van der Waals surface area contributed by atoms with Crippen LogP contribution in [0.2, 0.25) is 0 Å². The van der Waals surface area contributed by atoms with Crippen LogP contribution in [0, 0.1) is 11.3 Å². The van der Waals surface area contributed by atoms with Gasteiger partial charge >= 0.3 is 5.69 Å². The van der Waals surface area contributed by atoms with Gasteiger partial charge in [-0.3, -0.25) is 13.9 Å². The minimum Gasteiger partial charge on any atom is -0.353 e. The molecule has 1 aliphatic rings. The Hall–Kier alpha value is -3.15. The van der Waals surface area contributed by atoms with E-state index >= 15 is 0 Å². The lowest BCUT2D eigenvalue weighted by Crippen LogP contribution is -2.50. The van der Waals surface area contributed by atoms with E-state index in [0.717, 1.165) is 4.57 Å². The number of hydrogen-bond acceptors (Lipinski definition) is 7. The molecule has 1 saturated heterocycles. The van der Waals surface area contributed by atoms with Crippen molar-refractivity contribution in [1.29, 1.82) is 5.26 Å². The molecule has 0 atom stereocenters. The second kappa shape index (κ2) is 6.16. The summed E-state index contributed by atoms with van der Waals surface area (Å²) < 4.78 is 2.31. The first-order valence-electron chi connectivity index (χ1n) is 7.51. The van der Waals surface area contributed by atoms with E-state index in [0.29, 0.717) is 37.9 Å². The van der Waals surface area contributed by atoms with Gasteiger partial charge < -0.3 is 9.80 Å². The maximum atomic E-state index is 12.2. The molecule has 0 aliphatic carbocycles. The minimum atomic E-state index is -0.565. The quantitative estimate of drug-likeness (QED) is 0.702. The van der Waals surface area contributed by atoms with Crippen molar-refractivity contribution in [1.82, 2.24) is 19.1 Å². The van der Waals surface area contributed by atoms with Crippen molar-refractivity contribution in [3.63, 3.8) is 0 Å². The third kappa shape index (κ3) is 2.52. The molecule has 0 radical (unpaired) electrons. The molecule has 0 bridgehead atoms. The van der Waals surface area contributed by atoms with Gasteiger partial charge in [0, 0.05) is 52.7 Å². The van der Waals surface area contributed by atoms with Crippen LogP contribution in [0.1, 0.15) is 5.56 Å². The Bertz CT molecular complexity index is 902. The average Bonchev–Trinajstić information content (AvgIpc) is 2.63. The normalized spacial score (nSPS) is 14.5. The molecule has 3 heterocycles. The van der Waals surface area contributed by atoms with Crippen molar-refractivity contribution in [3.8, 4) is 6.07 Å². The van der Waals surface area contributed by atoms with Crippen LogP contribution in [0.15, 0.2) is 28.0 Å². The van der Waals surface area contributed by atoms with Crippen molar-refractivity contribution in [2.45, 2.75) is 0 Å². The van der Waals surface area contributed by atoms with E-state index in [1.165, 1.54) is 11.6 Å². The van der Waals surface area contributed by atoms with Gasteiger partial charge in [-0.15, -0.1) is 0 Å². The highest BCUT2D eigenvalue weighted by Crippen LogP contribution is 2.18. The third-order valence-electron chi connectivity index (χ3n) is 4.16. The molecule has 0 saturated carbocycles. The van der Waals surface area contributed by atoms with Gasteiger partial charge in [0.05, 0.1) is 0 Å². The molecule has 0 N–H and O–H groups in total. The fourth-order valence-electron chi connectivity index (χ4n) is 2.87. The van der Waals surface area contributed by atoms with Gasteiger partial charge in [-0.2, -0.15) is 5.26 Å². The highest BCUT2D eigenvalue weighted by Gasteiger charge is 2.25. The lowest BCUT2D eigenvalue weighted by atomic mass is 10.2. The standard InChI is InChI=1S/C15H17N7O2/c1-19-12(11(10-16)13(23)20(2)15(19)24)21-6-8-22(9-7-21)14-17-4-3-5-18-14/h3-5H,6-9H2,1-2H3. The minimum absolute atomic E-state index is 0.0102. The Labute approximate surface area is 138 Å². The monoisotopic (exact) mass is 327 g/mol. The van der Waals surface area contributed by atoms with Crippen LogP contribution in [0.5, 0.6) is 0 Å². The second-order valence-electron chi connectivity index (χ2n) is 5.54. The zero-order chi connectivity index (χ0) is 17.3. The Balaban J connectivity index is 1.92. The van der Waals surface area contributed by atoms with Gasteiger partial charge in [-0.25, -0.2) is 14.8 Å². The maximum Gasteiger partial charge on any atom is 0.332 e. The first-order chi connectivity index (χ1) is 11.5. The molecule has 9 nitrogen and oxygen atoms in total. The molecular weight excluding hydrogens is 310 g/mol. The molecule has 2 aromatic heterocycles. The second-order valence-corrected chi connectivity index (χ2v) is 5.54. The lowest BCUT2D eigenvalue weighted by molar-refractivity contribution is 0.601. The number of nitrogens with zero attached hydrogens (tertiary/aromatic N) is 7. The van der Waals surface area contributed by atoms with Gasteiger partial charge in [0.2, 0.25) is 5.95 Å². The number of anilines is 2. The summed E-state index contributed by atoms with van der Waals surface area (Å²) in [6.45, 7) is 2.40. The summed E-state index contributed by atoms with van der Waals surface area (Å²) in [7, 11) is 2.95. The first kappa shape index (κ1) is 15.7.